The number of aromatic hydroxyl groups is 1. The number of phenolic OH excluding ortho intramolecular Hbond substituents is 1. The molecule has 2 aromatic rings. The van der Waals surface area contributed by atoms with Crippen LogP contribution < -0.4 is 0 Å². The van der Waals surface area contributed by atoms with Crippen LogP contribution in [-0.2, 0) is 0 Å². The lowest BCUT2D eigenvalue weighted by molar-refractivity contribution is 0.475. The van der Waals surface area contributed by atoms with E-state index in [1.807, 2.05) is 0 Å². The van der Waals surface area contributed by atoms with Crippen molar-refractivity contribution in [2.45, 2.75) is 0 Å². The molecule has 1 nitrogen and oxygen atoms in total. The fourth-order valence-corrected chi connectivity index (χ4v) is 1.36. The Bertz CT molecular complexity index is 477. The van der Waals surface area contributed by atoms with Crippen LogP contribution in [0.1, 0.15) is 0 Å². The molecule has 15 heavy (non-hydrogen) atoms. The third kappa shape index (κ3) is 1.96. The van der Waals surface area contributed by atoms with Crippen molar-refractivity contribution in [2.75, 3.05) is 0 Å². The number of hydrogen-bond donors (Lipinski definition) is 1. The van der Waals surface area contributed by atoms with Gasteiger partial charge < -0.3 is 5.11 Å². The summed E-state index contributed by atoms with van der Waals surface area (Å²) in [7, 11) is 0. The van der Waals surface area contributed by atoms with E-state index in [1.165, 1.54) is 24.3 Å². The zero-order valence-electron chi connectivity index (χ0n) is 7.74. The summed E-state index contributed by atoms with van der Waals surface area (Å²) in [4.78, 5) is 0. The maximum atomic E-state index is 13.3. The average molecular weight is 206 g/mol. The van der Waals surface area contributed by atoms with Gasteiger partial charge in [0.05, 0.1) is 0 Å². The van der Waals surface area contributed by atoms with E-state index in [4.69, 9.17) is 5.11 Å². The molecule has 0 radical (unpaired) electrons. The van der Waals surface area contributed by atoms with Crippen LogP contribution in [0.25, 0.3) is 11.1 Å². The molecule has 0 bridgehead atoms. The Morgan fingerprint density at radius 2 is 1.53 bits per heavy atom. The zero-order chi connectivity index (χ0) is 10.8. The number of phenols is 1. The summed E-state index contributed by atoms with van der Waals surface area (Å²) in [6.45, 7) is 0. The molecule has 1 N–H and O–H groups in total. The maximum absolute atomic E-state index is 13.3. The van der Waals surface area contributed by atoms with Gasteiger partial charge in [0.2, 0.25) is 0 Å². The highest BCUT2D eigenvalue weighted by Crippen LogP contribution is 2.25. The number of benzene rings is 2. The van der Waals surface area contributed by atoms with Crippen molar-refractivity contribution in [3.8, 4) is 16.9 Å². The van der Waals surface area contributed by atoms with Gasteiger partial charge in [-0.1, -0.05) is 12.1 Å². The topological polar surface area (TPSA) is 20.2 Å². The van der Waals surface area contributed by atoms with Gasteiger partial charge in [0.25, 0.3) is 0 Å². The molecule has 2 rings (SSSR count). The Labute approximate surface area is 85.6 Å². The Hall–Kier alpha value is -1.90. The molecule has 0 aliphatic heterocycles. The molecule has 0 saturated heterocycles. The minimum atomic E-state index is -0.487. The highest BCUT2D eigenvalue weighted by atomic mass is 19.1. The van der Waals surface area contributed by atoms with Crippen LogP contribution in [0.3, 0.4) is 0 Å². The minimum Gasteiger partial charge on any atom is -0.508 e. The first-order chi connectivity index (χ1) is 7.16. The number of halogens is 2. The second-order valence-electron chi connectivity index (χ2n) is 3.17. The van der Waals surface area contributed by atoms with E-state index >= 15 is 0 Å². The van der Waals surface area contributed by atoms with Gasteiger partial charge in [-0.2, -0.15) is 0 Å². The highest BCUT2D eigenvalue weighted by molar-refractivity contribution is 5.64. The van der Waals surface area contributed by atoms with Crippen LogP contribution >= 0.6 is 0 Å². The third-order valence-corrected chi connectivity index (χ3v) is 2.11. The van der Waals surface area contributed by atoms with Gasteiger partial charge in [-0.3, -0.25) is 0 Å². The normalized spacial score (nSPS) is 10.3. The fourth-order valence-electron chi connectivity index (χ4n) is 1.36. The molecule has 0 saturated carbocycles. The summed E-state index contributed by atoms with van der Waals surface area (Å²) in [6.07, 6.45) is 0. The quantitative estimate of drug-likeness (QED) is 0.758. The largest absolute Gasteiger partial charge is 0.508 e. The van der Waals surface area contributed by atoms with Crippen molar-refractivity contribution >= 4 is 0 Å². The van der Waals surface area contributed by atoms with Gasteiger partial charge in [-0.15, -0.1) is 0 Å². The molecule has 0 spiro atoms. The molecule has 76 valence electrons. The van der Waals surface area contributed by atoms with E-state index in [0.717, 1.165) is 18.2 Å². The van der Waals surface area contributed by atoms with Crippen LogP contribution in [0.5, 0.6) is 5.75 Å². The van der Waals surface area contributed by atoms with Crippen molar-refractivity contribution in [3.05, 3.63) is 54.1 Å². The average Bonchev–Trinajstić information content (AvgIpc) is 2.23. The lowest BCUT2D eigenvalue weighted by atomic mass is 10.1. The van der Waals surface area contributed by atoms with Crippen LogP contribution in [0.15, 0.2) is 42.5 Å². The molecule has 0 amide bonds. The summed E-state index contributed by atoms with van der Waals surface area (Å²) in [5.41, 5.74) is 0.722. The van der Waals surface area contributed by atoms with Crippen molar-refractivity contribution < 1.29 is 13.9 Å². The van der Waals surface area contributed by atoms with Crippen LogP contribution in [0.4, 0.5) is 8.78 Å². The van der Waals surface area contributed by atoms with Crippen LogP contribution in [0, 0.1) is 11.6 Å². The monoisotopic (exact) mass is 206 g/mol. The van der Waals surface area contributed by atoms with Crippen LogP contribution in [-0.4, -0.2) is 5.11 Å². The summed E-state index contributed by atoms with van der Waals surface area (Å²) in [5, 5.41) is 9.06. The lowest BCUT2D eigenvalue weighted by Gasteiger charge is -2.03. The van der Waals surface area contributed by atoms with E-state index in [9.17, 15) is 8.78 Å². The maximum Gasteiger partial charge on any atom is 0.131 e. The highest BCUT2D eigenvalue weighted by Gasteiger charge is 2.05. The van der Waals surface area contributed by atoms with Crippen molar-refractivity contribution in [1.29, 1.82) is 0 Å². The van der Waals surface area contributed by atoms with Gasteiger partial charge in [-0.25, -0.2) is 8.78 Å². The smallest absolute Gasteiger partial charge is 0.131 e. The molecule has 0 aliphatic rings. The second kappa shape index (κ2) is 3.69. The van der Waals surface area contributed by atoms with Crippen molar-refractivity contribution in [2.24, 2.45) is 0 Å². The van der Waals surface area contributed by atoms with Gasteiger partial charge in [-0.05, 0) is 35.9 Å². The predicted octanol–water partition coefficient (Wildman–Crippen LogP) is 3.34. The van der Waals surface area contributed by atoms with E-state index in [0.29, 0.717) is 5.56 Å². The number of hydrogen-bond acceptors (Lipinski definition) is 1. The van der Waals surface area contributed by atoms with Crippen molar-refractivity contribution in [3.63, 3.8) is 0 Å². The lowest BCUT2D eigenvalue weighted by Crippen LogP contribution is -1.85. The first-order valence-corrected chi connectivity index (χ1v) is 4.41. The SMILES string of the molecule is Oc1ccc(-c2cc(F)ccc2F)cc1. The second-order valence-corrected chi connectivity index (χ2v) is 3.17. The zero-order valence-corrected chi connectivity index (χ0v) is 7.74. The van der Waals surface area contributed by atoms with Gasteiger partial charge in [0.15, 0.2) is 0 Å². The predicted molar refractivity (Wildman–Crippen MR) is 53.5 cm³/mol. The molecule has 0 aliphatic carbocycles. The fraction of sp³-hybridized carbons (Fsp3) is 0. The molecule has 0 aromatic heterocycles. The molecular weight excluding hydrogens is 198 g/mol. The molecule has 0 fully saturated rings. The standard InChI is InChI=1S/C12H8F2O/c13-9-3-6-12(14)11(7-9)8-1-4-10(15)5-2-8/h1-7,15H. The van der Waals surface area contributed by atoms with Crippen LogP contribution in [0.2, 0.25) is 0 Å². The summed E-state index contributed by atoms with van der Waals surface area (Å²) >= 11 is 0. The van der Waals surface area contributed by atoms with E-state index in [-0.39, 0.29) is 11.3 Å². The molecule has 3 heteroatoms. The first-order valence-electron chi connectivity index (χ1n) is 4.41. The first kappa shape index (κ1) is 9.65. The Morgan fingerprint density at radius 3 is 2.20 bits per heavy atom. The molecule has 2 aromatic carbocycles. The molecule has 0 heterocycles. The minimum absolute atomic E-state index is 0.0931. The van der Waals surface area contributed by atoms with E-state index in [1.54, 1.807) is 0 Å². The van der Waals surface area contributed by atoms with Gasteiger partial charge in [0, 0.05) is 5.56 Å². The molecular formula is C12H8F2O. The van der Waals surface area contributed by atoms with Gasteiger partial charge >= 0.3 is 0 Å². The van der Waals surface area contributed by atoms with Gasteiger partial charge in [0.1, 0.15) is 17.4 Å². The Balaban J connectivity index is 2.53. The summed E-state index contributed by atoms with van der Waals surface area (Å²) < 4.78 is 26.2. The Kier molecular flexibility index (Phi) is 2.37. The summed E-state index contributed by atoms with van der Waals surface area (Å²) in [5.74, 6) is -0.878. The summed E-state index contributed by atoms with van der Waals surface area (Å²) in [6, 6.07) is 9.21. The van der Waals surface area contributed by atoms with Crippen molar-refractivity contribution in [1.82, 2.24) is 0 Å². The molecule has 0 unspecified atom stereocenters. The molecule has 0 atom stereocenters. The van der Waals surface area contributed by atoms with E-state index in [2.05, 4.69) is 0 Å². The Morgan fingerprint density at radius 1 is 0.867 bits per heavy atom. The third-order valence-electron chi connectivity index (χ3n) is 2.11. The number of rotatable bonds is 1. The van der Waals surface area contributed by atoms with E-state index < -0.39 is 11.6 Å².